The van der Waals surface area contributed by atoms with Crippen molar-refractivity contribution in [1.82, 2.24) is 34.2 Å². The zero-order chi connectivity index (χ0) is 47.7. The average Bonchev–Trinajstić information content (AvgIpc) is 4.24. The number of carbonyl (C=O) groups excluding carboxylic acids is 4. The molecule has 16 heteroatoms. The Kier molecular flexibility index (Phi) is 8.60. The average molecular weight is 964 g/mol. The fraction of sp³-hybridized carbons (Fsp3) is 0.286. The predicted molar refractivity (Wildman–Crippen MR) is 277 cm³/mol. The number of carbonyl (C=O) groups is 4. The lowest BCUT2D eigenvalue weighted by Crippen LogP contribution is -2.65. The van der Waals surface area contributed by atoms with E-state index in [0.717, 1.165) is 109 Å². The first-order chi connectivity index (χ1) is 33.8. The normalized spacial score (nSPS) is 26.0. The van der Waals surface area contributed by atoms with Gasteiger partial charge in [-0.1, -0.05) is 87.6 Å². The van der Waals surface area contributed by atoms with Crippen LogP contribution in [0.4, 0.5) is 0 Å². The molecule has 6 aromatic carbocycles. The van der Waals surface area contributed by atoms with Crippen LogP contribution in [-0.4, -0.2) is 67.2 Å². The molecule has 7 N–H and O–H groups in total. The van der Waals surface area contributed by atoms with E-state index >= 15 is 0 Å². The van der Waals surface area contributed by atoms with Crippen molar-refractivity contribution >= 4 is 111 Å². The molecule has 16 rings (SSSR count). The molecule has 2 saturated heterocycles. The number of para-hydroxylation sites is 4. The number of nitrogens with one attached hydrogen (secondary N) is 3. The summed E-state index contributed by atoms with van der Waals surface area (Å²) in [6, 6.07) is 32.3. The second kappa shape index (κ2) is 14.0. The van der Waals surface area contributed by atoms with Crippen LogP contribution >= 0.6 is 0 Å². The highest BCUT2D eigenvalue weighted by Gasteiger charge is 2.65. The van der Waals surface area contributed by atoms with Gasteiger partial charge >= 0.3 is 5.97 Å². The smallest absolute Gasteiger partial charge is 0.331 e. The Hall–Kier alpha value is -7.76. The molecule has 6 aliphatic heterocycles. The molecule has 364 valence electrons. The third-order valence-corrected chi connectivity index (χ3v) is 17.0. The molecule has 0 aliphatic carbocycles. The zero-order valence-electron chi connectivity index (χ0n) is 38.5. The van der Waals surface area contributed by atoms with Gasteiger partial charge in [-0.05, 0) is 49.2 Å². The third kappa shape index (κ3) is 4.64. The van der Waals surface area contributed by atoms with E-state index in [1.807, 2.05) is 86.6 Å². The topological polar surface area (TPSA) is 204 Å². The maximum Gasteiger partial charge on any atom is 0.331 e. The first-order valence-electron chi connectivity index (χ1n) is 23.6. The number of likely N-dealkylation sites (N-methyl/N-ethyl adjacent to an activating group) is 1. The number of esters is 1. The largest absolute Gasteiger partial charge is 0.468 e. The highest BCUT2D eigenvalue weighted by atomic mass is 16.6. The molecule has 3 amide bonds. The lowest BCUT2D eigenvalue weighted by molar-refractivity contribution is -0.166. The van der Waals surface area contributed by atoms with Crippen molar-refractivity contribution in [3.63, 3.8) is 0 Å². The summed E-state index contributed by atoms with van der Waals surface area (Å²) in [5, 5.41) is 16.8. The second-order valence-corrected chi connectivity index (χ2v) is 20.0. The standard InChI is InChI=1S/C27H23N5O3.C27H22N4O4.2CH4/c1-26-27(28,25(34)29-2)11-18(35-26)31-16-9-5-3-7-13(16)20-21-15(12-30-24(21)33)19-14-8-4-6-10-17(14)32(26)23(19)22(20)31;1-26-27(28,25(33)34-2)11-18(35-26)30-16-9-5-3-7-13(16)20-21-15(12-29-24(21)32)19-14-8-4-6-10-17(14)31(26)23(19)22(20)30;;/h3-10,18H,11-12,28H2,1-2H3,(H,29,34)(H,30,33);3-10,18H,11-12,28H2,1-2H3,(H,29,32);2*1H4/t2*18?,26?,27-;;/m00../s1. The Morgan fingerprint density at radius 1 is 0.597 bits per heavy atom. The Morgan fingerprint density at radius 2 is 0.972 bits per heavy atom. The van der Waals surface area contributed by atoms with Crippen LogP contribution in [0.1, 0.15) is 85.8 Å². The number of benzene rings is 6. The van der Waals surface area contributed by atoms with Crippen LogP contribution in [0.25, 0.3) is 87.2 Å². The fourth-order valence-corrected chi connectivity index (χ4v) is 14.0. The van der Waals surface area contributed by atoms with E-state index in [4.69, 9.17) is 25.7 Å². The Bertz CT molecular complexity index is 3930. The van der Waals surface area contributed by atoms with E-state index in [0.29, 0.717) is 19.5 Å². The number of fused-ring (bicyclic) bond motifs is 26. The highest BCUT2D eigenvalue weighted by molar-refractivity contribution is 6.32. The Labute approximate surface area is 411 Å². The molecular weight excluding hydrogens is 911 g/mol. The van der Waals surface area contributed by atoms with Gasteiger partial charge in [0.05, 0.1) is 62.4 Å². The fourth-order valence-electron chi connectivity index (χ4n) is 14.0. The minimum absolute atomic E-state index is 0. The SMILES string of the molecule is C.C.CNC(=O)[C@@]1(N)CC2OC1(C)n1c3ccccc3c3c4c(c5c6ccccc6n2c5c31)C(=O)NC4.COC(=O)[C@@]1(N)CC2OC1(C)n1c3ccccc3c3c4c(c5c6ccccc6n2c5c31)C(=O)NC4. The van der Waals surface area contributed by atoms with Crippen molar-refractivity contribution < 1.29 is 33.4 Å². The molecule has 4 unspecified atom stereocenters. The van der Waals surface area contributed by atoms with Gasteiger partial charge in [-0.15, -0.1) is 0 Å². The summed E-state index contributed by atoms with van der Waals surface area (Å²) in [6.45, 7) is 4.70. The maximum atomic E-state index is 13.4. The maximum absolute atomic E-state index is 13.4. The van der Waals surface area contributed by atoms with E-state index < -0.39 is 41.0 Å². The van der Waals surface area contributed by atoms with Crippen LogP contribution in [0.2, 0.25) is 0 Å². The van der Waals surface area contributed by atoms with Gasteiger partial charge in [0.1, 0.15) is 18.0 Å². The lowest BCUT2D eigenvalue weighted by atomic mass is 9.85. The van der Waals surface area contributed by atoms with Crippen LogP contribution < -0.4 is 27.4 Å². The third-order valence-electron chi connectivity index (χ3n) is 17.0. The van der Waals surface area contributed by atoms with Crippen LogP contribution in [0.15, 0.2) is 97.1 Å². The van der Waals surface area contributed by atoms with Gasteiger partial charge < -0.3 is 59.9 Å². The summed E-state index contributed by atoms with van der Waals surface area (Å²) < 4.78 is 27.4. The van der Waals surface area contributed by atoms with Crippen molar-refractivity contribution in [2.45, 2.75) is 89.6 Å². The molecule has 0 spiro atoms. The van der Waals surface area contributed by atoms with Crippen molar-refractivity contribution in [2.24, 2.45) is 11.5 Å². The van der Waals surface area contributed by atoms with Gasteiger partial charge in [0.2, 0.25) is 5.91 Å². The molecule has 10 aromatic rings. The Balaban J connectivity index is 0.000000136. The molecule has 0 saturated carbocycles. The van der Waals surface area contributed by atoms with Gasteiger partial charge in [-0.3, -0.25) is 14.4 Å². The number of methoxy groups -OCH3 is 1. The molecule has 72 heavy (non-hydrogen) atoms. The number of amides is 3. The first kappa shape index (κ1) is 44.2. The number of hydrogen-bond donors (Lipinski definition) is 5. The predicted octanol–water partition coefficient (Wildman–Crippen LogP) is 8.09. The number of rotatable bonds is 2. The van der Waals surface area contributed by atoms with Gasteiger partial charge in [-0.25, -0.2) is 4.79 Å². The molecular formula is C56H53N9O7. The van der Waals surface area contributed by atoms with Crippen LogP contribution in [-0.2, 0) is 48.3 Å². The summed E-state index contributed by atoms with van der Waals surface area (Å²) in [4.78, 5) is 53.1. The number of ether oxygens (including phenoxy) is 3. The number of hydrogen-bond acceptors (Lipinski definition) is 9. The highest BCUT2D eigenvalue weighted by Crippen LogP contribution is 2.59. The number of nitrogens with two attached hydrogens (primary N) is 2. The van der Waals surface area contributed by atoms with Crippen molar-refractivity contribution in [1.29, 1.82) is 0 Å². The van der Waals surface area contributed by atoms with Crippen molar-refractivity contribution in [3.8, 4) is 0 Å². The van der Waals surface area contributed by atoms with Crippen LogP contribution in [0.5, 0.6) is 0 Å². The van der Waals surface area contributed by atoms with E-state index in [-0.39, 0.29) is 39.0 Å². The van der Waals surface area contributed by atoms with E-state index in [9.17, 15) is 19.2 Å². The monoisotopic (exact) mass is 963 g/mol. The van der Waals surface area contributed by atoms with Gasteiger partial charge in [0.15, 0.2) is 17.0 Å². The molecule has 4 bridgehead atoms. The summed E-state index contributed by atoms with van der Waals surface area (Å²) in [6.07, 6.45) is -0.459. The van der Waals surface area contributed by atoms with Crippen LogP contribution in [0.3, 0.4) is 0 Å². The van der Waals surface area contributed by atoms with E-state index in [2.05, 4.69) is 58.5 Å². The molecule has 2 fully saturated rings. The molecule has 6 aliphatic rings. The summed E-state index contributed by atoms with van der Waals surface area (Å²) in [5.41, 5.74) is 19.8. The van der Waals surface area contributed by atoms with Gasteiger partial charge in [0, 0.05) is 76.1 Å². The number of nitrogens with zero attached hydrogens (tertiary/aromatic N) is 4. The van der Waals surface area contributed by atoms with Crippen molar-refractivity contribution in [2.75, 3.05) is 14.2 Å². The summed E-state index contributed by atoms with van der Waals surface area (Å²) in [7, 11) is 2.97. The van der Waals surface area contributed by atoms with Gasteiger partial charge in [0.25, 0.3) is 11.8 Å². The lowest BCUT2D eigenvalue weighted by Gasteiger charge is -2.39. The van der Waals surface area contributed by atoms with Crippen molar-refractivity contribution in [3.05, 3.63) is 119 Å². The minimum Gasteiger partial charge on any atom is -0.468 e. The summed E-state index contributed by atoms with van der Waals surface area (Å²) in [5.74, 6) is -0.891. The van der Waals surface area contributed by atoms with E-state index in [1.165, 1.54) is 7.11 Å². The Morgan fingerprint density at radius 3 is 1.39 bits per heavy atom. The molecule has 10 heterocycles. The quantitative estimate of drug-likeness (QED) is 0.106. The summed E-state index contributed by atoms with van der Waals surface area (Å²) >= 11 is 0. The molecule has 6 atom stereocenters. The number of aromatic nitrogens is 4. The minimum atomic E-state index is -1.43. The molecule has 0 radical (unpaired) electrons. The first-order valence-corrected chi connectivity index (χ1v) is 23.6. The van der Waals surface area contributed by atoms with Gasteiger partial charge in [-0.2, -0.15) is 0 Å². The molecule has 4 aromatic heterocycles. The zero-order valence-corrected chi connectivity index (χ0v) is 38.5. The van der Waals surface area contributed by atoms with E-state index in [1.54, 1.807) is 7.05 Å². The molecule has 16 nitrogen and oxygen atoms in total. The van der Waals surface area contributed by atoms with Crippen LogP contribution in [0, 0.1) is 0 Å². The second-order valence-electron chi connectivity index (χ2n) is 20.0.